The molecule has 0 saturated heterocycles. The van der Waals surface area contributed by atoms with Crippen molar-refractivity contribution >= 4 is 61.0 Å². The van der Waals surface area contributed by atoms with E-state index >= 15 is 0 Å². The van der Waals surface area contributed by atoms with E-state index in [1.165, 1.54) is 0 Å². The minimum atomic E-state index is -0.478. The Morgan fingerprint density at radius 2 is 1.56 bits per heavy atom. The van der Waals surface area contributed by atoms with Crippen LogP contribution in [-0.2, 0) is 11.2 Å². The number of hydrogen-bond acceptors (Lipinski definition) is 5. The molecule has 34 heavy (non-hydrogen) atoms. The second-order valence-corrected chi connectivity index (χ2v) is 9.16. The average molecular weight is 607 g/mol. The van der Waals surface area contributed by atoms with Crippen molar-refractivity contribution in [1.29, 1.82) is 0 Å². The molecule has 0 unspecified atom stereocenters. The number of amides is 2. The van der Waals surface area contributed by atoms with Crippen LogP contribution >= 0.6 is 44.1 Å². The highest BCUT2D eigenvalue weighted by Gasteiger charge is 2.15. The number of hydrazine groups is 1. The average Bonchev–Trinajstić information content (AvgIpc) is 2.84. The van der Waals surface area contributed by atoms with Crippen LogP contribution in [0, 0.1) is 0 Å². The van der Waals surface area contributed by atoms with Crippen molar-refractivity contribution < 1.29 is 19.1 Å². The Hall–Kier alpha value is -2.95. The van der Waals surface area contributed by atoms with Crippen LogP contribution in [0.4, 0.5) is 0 Å². The van der Waals surface area contributed by atoms with Crippen molar-refractivity contribution in [2.75, 3.05) is 13.2 Å². The molecule has 0 spiro atoms. The molecule has 0 radical (unpaired) electrons. The van der Waals surface area contributed by atoms with E-state index in [1.807, 2.05) is 30.3 Å². The first kappa shape index (κ1) is 25.7. The first-order chi connectivity index (χ1) is 16.4. The van der Waals surface area contributed by atoms with Crippen LogP contribution in [0.15, 0.2) is 81.7 Å². The van der Waals surface area contributed by atoms with Crippen molar-refractivity contribution in [2.45, 2.75) is 6.42 Å². The van der Waals surface area contributed by atoms with Gasteiger partial charge in [-0.05, 0) is 60.2 Å². The fourth-order valence-corrected chi connectivity index (χ4v) is 3.54. The number of nitrogens with one attached hydrogen (secondary N) is 3. The highest BCUT2D eigenvalue weighted by atomic mass is 79.9. The third-order valence-electron chi connectivity index (χ3n) is 4.40. The van der Waals surface area contributed by atoms with E-state index in [-0.39, 0.29) is 11.7 Å². The van der Waals surface area contributed by atoms with Gasteiger partial charge in [-0.15, -0.1) is 0 Å². The highest BCUT2D eigenvalue weighted by molar-refractivity contribution is 9.10. The van der Waals surface area contributed by atoms with Gasteiger partial charge in [-0.2, -0.15) is 0 Å². The molecule has 0 aliphatic rings. The normalized spacial score (nSPS) is 10.2. The summed E-state index contributed by atoms with van der Waals surface area (Å²) in [6, 6.07) is 22.1. The second kappa shape index (κ2) is 13.1. The first-order valence-electron chi connectivity index (χ1n) is 10.2. The van der Waals surface area contributed by atoms with E-state index in [9.17, 15) is 9.59 Å². The topological polar surface area (TPSA) is 88.7 Å². The molecule has 2 amide bonds. The zero-order valence-corrected chi connectivity index (χ0v) is 21.8. The Balaban J connectivity index is 1.47. The van der Waals surface area contributed by atoms with Gasteiger partial charge in [0.2, 0.25) is 0 Å². The van der Waals surface area contributed by atoms with Gasteiger partial charge in [0.25, 0.3) is 11.8 Å². The third kappa shape index (κ3) is 8.44. The number of thiocarbonyl (C=S) groups is 1. The van der Waals surface area contributed by atoms with Gasteiger partial charge in [-0.1, -0.05) is 62.2 Å². The summed E-state index contributed by atoms with van der Waals surface area (Å²) in [5.74, 6) is 0.0239. The van der Waals surface area contributed by atoms with E-state index < -0.39 is 11.8 Å². The quantitative estimate of drug-likeness (QED) is 0.258. The lowest BCUT2D eigenvalue weighted by Gasteiger charge is -2.14. The molecule has 0 heterocycles. The summed E-state index contributed by atoms with van der Waals surface area (Å²) in [7, 11) is 0. The van der Waals surface area contributed by atoms with Crippen LogP contribution in [0.25, 0.3) is 0 Å². The maximum absolute atomic E-state index is 12.8. The van der Waals surface area contributed by atoms with Crippen molar-refractivity contribution in [3.63, 3.8) is 0 Å². The van der Waals surface area contributed by atoms with Gasteiger partial charge in [0.05, 0.1) is 12.2 Å². The smallest absolute Gasteiger partial charge is 0.276 e. The predicted molar refractivity (Wildman–Crippen MR) is 141 cm³/mol. The minimum absolute atomic E-state index is 0.0720. The summed E-state index contributed by atoms with van der Waals surface area (Å²) in [5, 5.41) is 2.46. The number of carbonyl (C=O) groups is 2. The van der Waals surface area contributed by atoms with Gasteiger partial charge in [0, 0.05) is 15.4 Å². The molecule has 3 aromatic carbocycles. The van der Waals surface area contributed by atoms with Crippen LogP contribution in [-0.4, -0.2) is 30.1 Å². The summed E-state index contributed by atoms with van der Waals surface area (Å²) in [4.78, 5) is 24.7. The Morgan fingerprint density at radius 1 is 0.853 bits per heavy atom. The van der Waals surface area contributed by atoms with Gasteiger partial charge in [-0.25, -0.2) is 0 Å². The Morgan fingerprint density at radius 3 is 2.29 bits per heavy atom. The molecule has 3 N–H and O–H groups in total. The van der Waals surface area contributed by atoms with E-state index in [2.05, 4.69) is 48.0 Å². The molecule has 0 atom stereocenters. The lowest BCUT2D eigenvalue weighted by atomic mass is 10.1. The van der Waals surface area contributed by atoms with Crippen molar-refractivity contribution in [1.82, 2.24) is 16.2 Å². The van der Waals surface area contributed by atoms with Crippen molar-refractivity contribution in [3.8, 4) is 11.5 Å². The van der Waals surface area contributed by atoms with E-state index in [4.69, 9.17) is 21.7 Å². The largest absolute Gasteiger partial charge is 0.492 e. The van der Waals surface area contributed by atoms with E-state index in [1.54, 1.807) is 42.5 Å². The minimum Gasteiger partial charge on any atom is -0.492 e. The molecular weight excluding hydrogens is 586 g/mol. The van der Waals surface area contributed by atoms with Crippen LogP contribution in [0.3, 0.4) is 0 Å². The van der Waals surface area contributed by atoms with Crippen LogP contribution in [0.1, 0.15) is 15.9 Å². The zero-order valence-electron chi connectivity index (χ0n) is 17.8. The highest BCUT2D eigenvalue weighted by Crippen LogP contribution is 2.23. The molecule has 10 heteroatoms. The van der Waals surface area contributed by atoms with Gasteiger partial charge in [-0.3, -0.25) is 25.8 Å². The molecule has 7 nitrogen and oxygen atoms in total. The molecule has 0 aliphatic carbocycles. The summed E-state index contributed by atoms with van der Waals surface area (Å²) in [5.41, 5.74) is 6.30. The zero-order chi connectivity index (χ0) is 24.3. The Kier molecular flexibility index (Phi) is 9.87. The molecule has 176 valence electrons. The van der Waals surface area contributed by atoms with Gasteiger partial charge >= 0.3 is 0 Å². The van der Waals surface area contributed by atoms with Gasteiger partial charge in [0.15, 0.2) is 11.7 Å². The molecule has 3 aromatic rings. The SMILES string of the molecule is O=C(COc1ccc(Br)cc1)NNC(=S)NC(=O)c1cc(Br)ccc1OCCc1ccccc1. The van der Waals surface area contributed by atoms with Crippen molar-refractivity contribution in [2.24, 2.45) is 0 Å². The number of rotatable bonds is 8. The first-order valence-corrected chi connectivity index (χ1v) is 12.1. The number of ether oxygens (including phenoxy) is 2. The molecule has 0 saturated carbocycles. The maximum Gasteiger partial charge on any atom is 0.276 e. The van der Waals surface area contributed by atoms with Gasteiger partial charge < -0.3 is 9.47 Å². The molecule has 3 rings (SSSR count). The van der Waals surface area contributed by atoms with Crippen LogP contribution in [0.5, 0.6) is 11.5 Å². The molecule has 0 fully saturated rings. The maximum atomic E-state index is 12.8. The summed E-state index contributed by atoms with van der Waals surface area (Å²) < 4.78 is 12.8. The standard InChI is InChI=1S/C24H21Br2N3O4S/c25-17-6-9-19(10-7-17)33-15-22(30)28-29-24(34)27-23(31)20-14-18(26)8-11-21(20)32-13-12-16-4-2-1-3-5-16/h1-11,14H,12-13,15H2,(H,28,30)(H2,27,29,31,34). The number of halogens is 2. The van der Waals surface area contributed by atoms with Crippen LogP contribution in [0.2, 0.25) is 0 Å². The Bertz CT molecular complexity index is 1140. The fraction of sp³-hybridized carbons (Fsp3) is 0.125. The number of benzene rings is 3. The second-order valence-electron chi connectivity index (χ2n) is 6.92. The van der Waals surface area contributed by atoms with Crippen LogP contribution < -0.4 is 25.6 Å². The lowest BCUT2D eigenvalue weighted by Crippen LogP contribution is -2.49. The monoisotopic (exact) mass is 605 g/mol. The summed E-state index contributed by atoms with van der Waals surface area (Å²) in [6.45, 7) is 0.180. The number of carbonyl (C=O) groups excluding carboxylic acids is 2. The molecule has 0 bridgehead atoms. The predicted octanol–water partition coefficient (Wildman–Crippen LogP) is 4.55. The van der Waals surface area contributed by atoms with E-state index in [0.717, 1.165) is 10.0 Å². The summed E-state index contributed by atoms with van der Waals surface area (Å²) in [6.07, 6.45) is 0.701. The third-order valence-corrected chi connectivity index (χ3v) is 5.63. The molecule has 0 aromatic heterocycles. The molecular formula is C24H21Br2N3O4S. The van der Waals surface area contributed by atoms with Gasteiger partial charge in [0.1, 0.15) is 11.5 Å². The number of hydrogen-bond donors (Lipinski definition) is 3. The summed E-state index contributed by atoms with van der Waals surface area (Å²) >= 11 is 11.8. The lowest BCUT2D eigenvalue weighted by molar-refractivity contribution is -0.123. The Labute approximate surface area is 219 Å². The van der Waals surface area contributed by atoms with Crippen molar-refractivity contribution in [3.05, 3.63) is 92.9 Å². The van der Waals surface area contributed by atoms with E-state index in [0.29, 0.717) is 34.6 Å². The fourth-order valence-electron chi connectivity index (χ4n) is 2.77. The molecule has 0 aliphatic heterocycles.